The van der Waals surface area contributed by atoms with E-state index in [4.69, 9.17) is 0 Å². The third-order valence-electron chi connectivity index (χ3n) is 1.38. The van der Waals surface area contributed by atoms with Crippen LogP contribution in [-0.2, 0) is 9.53 Å². The van der Waals surface area contributed by atoms with Crippen molar-refractivity contribution in [1.82, 2.24) is 0 Å². The van der Waals surface area contributed by atoms with Gasteiger partial charge in [0, 0.05) is 0 Å². The van der Waals surface area contributed by atoms with Crippen LogP contribution in [0, 0.1) is 0 Å². The number of thiophene rings is 1. The zero-order valence-corrected chi connectivity index (χ0v) is 9.28. The van der Waals surface area contributed by atoms with Gasteiger partial charge in [0.2, 0.25) is 0 Å². The summed E-state index contributed by atoms with van der Waals surface area (Å²) >= 11 is 4.54. The van der Waals surface area contributed by atoms with Crippen molar-refractivity contribution in [2.75, 3.05) is 7.11 Å². The Hall–Kier alpha value is 0.320. The van der Waals surface area contributed by atoms with E-state index in [0.29, 0.717) is 4.88 Å². The molecule has 0 fully saturated rings. The van der Waals surface area contributed by atoms with E-state index in [9.17, 15) is 9.59 Å². The van der Waals surface area contributed by atoms with E-state index >= 15 is 0 Å². The fourth-order valence-electron chi connectivity index (χ4n) is 0.755. The molecule has 0 amide bonds. The first-order chi connectivity index (χ1) is 6.13. The number of halogens is 1. The van der Waals surface area contributed by atoms with E-state index < -0.39 is 5.97 Å². The molecule has 14 heavy (non-hydrogen) atoms. The van der Waals surface area contributed by atoms with Gasteiger partial charge >= 0.3 is 35.5 Å². The fraction of sp³-hybridized carbons (Fsp3) is 0.250. The van der Waals surface area contributed by atoms with Crippen molar-refractivity contribution in [1.29, 1.82) is 0 Å². The summed E-state index contributed by atoms with van der Waals surface area (Å²) in [6, 6.07) is 3.45. The van der Waals surface area contributed by atoms with Crippen LogP contribution < -0.4 is 0 Å². The van der Waals surface area contributed by atoms with Crippen molar-refractivity contribution in [2.45, 2.75) is 6.42 Å². The van der Waals surface area contributed by atoms with Crippen molar-refractivity contribution in [3.8, 4) is 0 Å². The normalized spacial score (nSPS) is 9.00. The van der Waals surface area contributed by atoms with Gasteiger partial charge < -0.3 is 4.74 Å². The number of ketones is 1. The summed E-state index contributed by atoms with van der Waals surface area (Å²) in [6.45, 7) is 0. The molecule has 0 saturated carbocycles. The third-order valence-corrected chi connectivity index (χ3v) is 3.05. The molecule has 0 unspecified atom stereocenters. The molecule has 6 heteroatoms. The maximum atomic E-state index is 11.3. The first-order valence-corrected chi connectivity index (χ1v) is 5.10. The van der Waals surface area contributed by atoms with E-state index in [-0.39, 0.29) is 41.8 Å². The molecule has 1 aromatic rings. The summed E-state index contributed by atoms with van der Waals surface area (Å²) in [4.78, 5) is 22.6. The van der Waals surface area contributed by atoms with Crippen LogP contribution >= 0.6 is 27.3 Å². The van der Waals surface area contributed by atoms with Gasteiger partial charge in [-0.15, -0.1) is 11.3 Å². The molecule has 0 spiro atoms. The SMILES string of the molecule is COC(=O)CC(=O)c1ccc(Br)s1.[NaH]. The molecule has 0 saturated heterocycles. The summed E-state index contributed by atoms with van der Waals surface area (Å²) in [5.74, 6) is -0.711. The van der Waals surface area contributed by atoms with Crippen molar-refractivity contribution in [3.63, 3.8) is 0 Å². The van der Waals surface area contributed by atoms with Crippen LogP contribution in [0.2, 0.25) is 0 Å². The van der Waals surface area contributed by atoms with Gasteiger partial charge in [-0.1, -0.05) is 0 Å². The van der Waals surface area contributed by atoms with Gasteiger partial charge in [-0.25, -0.2) is 0 Å². The molecule has 0 aliphatic rings. The molecule has 0 aliphatic carbocycles. The second-order valence-electron chi connectivity index (χ2n) is 2.28. The first-order valence-electron chi connectivity index (χ1n) is 3.49. The zero-order valence-electron chi connectivity index (χ0n) is 6.87. The molecular weight excluding hydrogens is 279 g/mol. The molecular formula is C8H8BrNaO3S. The predicted molar refractivity (Wildman–Crippen MR) is 60.1 cm³/mol. The molecule has 1 heterocycles. The molecule has 1 rings (SSSR count). The average Bonchev–Trinajstić information content (AvgIpc) is 2.51. The van der Waals surface area contributed by atoms with Crippen molar-refractivity contribution >= 4 is 68.6 Å². The van der Waals surface area contributed by atoms with Crippen LogP contribution in [0.4, 0.5) is 0 Å². The summed E-state index contributed by atoms with van der Waals surface area (Å²) in [5.41, 5.74) is 0. The van der Waals surface area contributed by atoms with E-state index in [1.54, 1.807) is 12.1 Å². The van der Waals surface area contributed by atoms with Crippen LogP contribution in [0.3, 0.4) is 0 Å². The van der Waals surface area contributed by atoms with E-state index in [1.807, 2.05) is 0 Å². The molecule has 0 aliphatic heterocycles. The van der Waals surface area contributed by atoms with Gasteiger partial charge in [0.15, 0.2) is 5.78 Å². The van der Waals surface area contributed by atoms with E-state index in [2.05, 4.69) is 20.7 Å². The maximum absolute atomic E-state index is 11.3. The summed E-state index contributed by atoms with van der Waals surface area (Å²) in [6.07, 6.45) is -0.191. The minimum absolute atomic E-state index is 0. The Morgan fingerprint density at radius 1 is 1.50 bits per heavy atom. The van der Waals surface area contributed by atoms with Crippen molar-refractivity contribution in [2.24, 2.45) is 0 Å². The molecule has 0 bridgehead atoms. The average molecular weight is 287 g/mol. The predicted octanol–water partition coefficient (Wildman–Crippen LogP) is 1.61. The second-order valence-corrected chi connectivity index (χ2v) is 4.74. The molecule has 1 aromatic heterocycles. The second kappa shape index (κ2) is 6.74. The van der Waals surface area contributed by atoms with E-state index in [0.717, 1.165) is 3.79 Å². The summed E-state index contributed by atoms with van der Waals surface area (Å²) < 4.78 is 5.26. The van der Waals surface area contributed by atoms with Gasteiger partial charge in [0.25, 0.3) is 0 Å². The van der Waals surface area contributed by atoms with E-state index in [1.165, 1.54) is 18.4 Å². The molecule has 0 radical (unpaired) electrons. The Bertz CT molecular complexity index is 337. The number of Topliss-reactive ketones (excluding diaryl/α,β-unsaturated/α-hetero) is 1. The van der Waals surface area contributed by atoms with Gasteiger partial charge in [-0.05, 0) is 28.1 Å². The molecule has 72 valence electrons. The number of carbonyl (C=O) groups excluding carboxylic acids is 2. The number of hydrogen-bond acceptors (Lipinski definition) is 4. The van der Waals surface area contributed by atoms with Crippen LogP contribution in [-0.4, -0.2) is 48.4 Å². The topological polar surface area (TPSA) is 43.4 Å². The fourth-order valence-corrected chi connectivity index (χ4v) is 2.08. The van der Waals surface area contributed by atoms with Gasteiger partial charge in [-0.2, -0.15) is 0 Å². The monoisotopic (exact) mass is 286 g/mol. The van der Waals surface area contributed by atoms with Crippen molar-refractivity contribution < 1.29 is 14.3 Å². The van der Waals surface area contributed by atoms with Gasteiger partial charge in [0.05, 0.1) is 15.8 Å². The van der Waals surface area contributed by atoms with Crippen LogP contribution in [0.5, 0.6) is 0 Å². The zero-order chi connectivity index (χ0) is 9.84. The number of carbonyl (C=O) groups is 2. The Morgan fingerprint density at radius 3 is 2.57 bits per heavy atom. The Labute approximate surface area is 116 Å². The molecule has 0 N–H and O–H groups in total. The minimum atomic E-state index is -0.505. The summed E-state index contributed by atoms with van der Waals surface area (Å²) in [5, 5.41) is 0. The third kappa shape index (κ3) is 4.23. The Morgan fingerprint density at radius 2 is 2.14 bits per heavy atom. The van der Waals surface area contributed by atoms with Crippen LogP contribution in [0.1, 0.15) is 16.1 Å². The standard InChI is InChI=1S/C8H7BrO3S.Na.H/c1-12-8(11)4-5(10)6-2-3-7(9)13-6;;/h2-3H,4H2,1H3;;. The van der Waals surface area contributed by atoms with Crippen LogP contribution in [0.15, 0.2) is 15.9 Å². The Kier molecular flexibility index (Phi) is 6.89. The quantitative estimate of drug-likeness (QED) is 0.367. The van der Waals surface area contributed by atoms with Gasteiger partial charge in [0.1, 0.15) is 6.42 Å². The number of rotatable bonds is 3. The number of ether oxygens (including phenoxy) is 1. The van der Waals surface area contributed by atoms with Gasteiger partial charge in [-0.3, -0.25) is 9.59 Å². The Balaban J connectivity index is 0.00000169. The molecule has 3 nitrogen and oxygen atoms in total. The van der Waals surface area contributed by atoms with Crippen molar-refractivity contribution in [3.05, 3.63) is 20.8 Å². The van der Waals surface area contributed by atoms with Crippen LogP contribution in [0.25, 0.3) is 0 Å². The number of hydrogen-bond donors (Lipinski definition) is 0. The molecule has 0 aromatic carbocycles. The molecule has 0 atom stereocenters. The number of methoxy groups -OCH3 is 1. The first kappa shape index (κ1) is 14.3. The summed E-state index contributed by atoms with van der Waals surface area (Å²) in [7, 11) is 1.26. The number of esters is 1.